The molecule has 1 saturated heterocycles. The van der Waals surface area contributed by atoms with Crippen molar-refractivity contribution in [1.29, 1.82) is 0 Å². The van der Waals surface area contributed by atoms with E-state index in [-0.39, 0.29) is 0 Å². The molecule has 1 heterocycles. The van der Waals surface area contributed by atoms with Crippen molar-refractivity contribution in [3.8, 4) is 0 Å². The molecular formula is C15H24N2. The Balaban J connectivity index is 2.23. The summed E-state index contributed by atoms with van der Waals surface area (Å²) in [5.74, 6) is 0. The van der Waals surface area contributed by atoms with Crippen LogP contribution in [0.2, 0.25) is 0 Å². The second-order valence-corrected chi connectivity index (χ2v) is 4.88. The summed E-state index contributed by atoms with van der Waals surface area (Å²) in [6, 6.07) is 6.70. The minimum atomic E-state index is 1.13. The first kappa shape index (κ1) is 12.4. The van der Waals surface area contributed by atoms with Gasteiger partial charge >= 0.3 is 0 Å². The van der Waals surface area contributed by atoms with E-state index in [1.54, 1.807) is 0 Å². The van der Waals surface area contributed by atoms with Crippen molar-refractivity contribution in [2.75, 3.05) is 31.1 Å². The lowest BCUT2D eigenvalue weighted by Crippen LogP contribution is -2.34. The smallest absolute Gasteiger partial charge is 0.0428 e. The first-order valence-corrected chi connectivity index (χ1v) is 6.87. The maximum atomic E-state index is 3.48. The lowest BCUT2D eigenvalue weighted by Gasteiger charge is -2.30. The van der Waals surface area contributed by atoms with E-state index in [2.05, 4.69) is 42.3 Å². The second-order valence-electron chi connectivity index (χ2n) is 4.88. The van der Waals surface area contributed by atoms with Gasteiger partial charge in [0.1, 0.15) is 0 Å². The third-order valence-electron chi connectivity index (χ3n) is 3.58. The van der Waals surface area contributed by atoms with E-state index in [0.29, 0.717) is 0 Å². The van der Waals surface area contributed by atoms with E-state index in [1.165, 1.54) is 42.7 Å². The van der Waals surface area contributed by atoms with Gasteiger partial charge in [0.15, 0.2) is 0 Å². The van der Waals surface area contributed by atoms with E-state index < -0.39 is 0 Å². The number of aryl methyl sites for hydroxylation is 2. The maximum absolute atomic E-state index is 3.48. The summed E-state index contributed by atoms with van der Waals surface area (Å²) < 4.78 is 0. The summed E-state index contributed by atoms with van der Waals surface area (Å²) >= 11 is 0. The molecule has 1 aliphatic heterocycles. The summed E-state index contributed by atoms with van der Waals surface area (Å²) in [6.45, 7) is 9.18. The molecule has 1 N–H and O–H groups in total. The summed E-state index contributed by atoms with van der Waals surface area (Å²) in [6.07, 6.45) is 3.63. The number of rotatable bonds is 2. The Hall–Kier alpha value is -1.02. The van der Waals surface area contributed by atoms with Gasteiger partial charge in [0.05, 0.1) is 0 Å². The monoisotopic (exact) mass is 232 g/mol. The predicted molar refractivity (Wildman–Crippen MR) is 74.9 cm³/mol. The normalized spacial score (nSPS) is 17.6. The first-order chi connectivity index (χ1) is 8.33. The Morgan fingerprint density at radius 3 is 2.53 bits per heavy atom. The van der Waals surface area contributed by atoms with E-state index in [1.807, 2.05) is 0 Å². The molecule has 17 heavy (non-hydrogen) atoms. The predicted octanol–water partition coefficient (Wildman–Crippen LogP) is 2.75. The first-order valence-electron chi connectivity index (χ1n) is 6.87. The highest BCUT2D eigenvalue weighted by atomic mass is 15.1. The van der Waals surface area contributed by atoms with E-state index in [4.69, 9.17) is 0 Å². The van der Waals surface area contributed by atoms with E-state index >= 15 is 0 Å². The zero-order valence-electron chi connectivity index (χ0n) is 11.1. The molecule has 0 bridgehead atoms. The Morgan fingerprint density at radius 1 is 1.18 bits per heavy atom. The van der Waals surface area contributed by atoms with Gasteiger partial charge in [-0.15, -0.1) is 0 Å². The van der Waals surface area contributed by atoms with Crippen LogP contribution in [-0.2, 0) is 6.42 Å². The molecule has 1 fully saturated rings. The molecule has 0 aliphatic carbocycles. The number of hydrogen-bond acceptors (Lipinski definition) is 2. The van der Waals surface area contributed by atoms with Gasteiger partial charge in [-0.3, -0.25) is 0 Å². The number of nitrogens with one attached hydrogen (secondary N) is 1. The van der Waals surface area contributed by atoms with Crippen molar-refractivity contribution in [1.82, 2.24) is 5.32 Å². The zero-order valence-corrected chi connectivity index (χ0v) is 11.1. The van der Waals surface area contributed by atoms with Gasteiger partial charge in [-0.2, -0.15) is 0 Å². The maximum Gasteiger partial charge on any atom is 0.0428 e. The Bertz CT molecular complexity index is 352. The average Bonchev–Trinajstić information content (AvgIpc) is 2.29. The highest BCUT2D eigenvalue weighted by Crippen LogP contribution is 2.26. The van der Waals surface area contributed by atoms with Crippen molar-refractivity contribution in [2.24, 2.45) is 0 Å². The molecule has 2 heteroatoms. The SMILES string of the molecule is CCc1cccc(C)c1N1CCCNCCC1. The van der Waals surface area contributed by atoms with Gasteiger partial charge in [-0.05, 0) is 50.4 Å². The molecule has 0 saturated carbocycles. The fourth-order valence-corrected chi connectivity index (χ4v) is 2.71. The van der Waals surface area contributed by atoms with Gasteiger partial charge in [-0.1, -0.05) is 25.1 Å². The summed E-state index contributed by atoms with van der Waals surface area (Å²) in [5, 5.41) is 3.48. The van der Waals surface area contributed by atoms with Gasteiger partial charge in [0.2, 0.25) is 0 Å². The lowest BCUT2D eigenvalue weighted by atomic mass is 10.0. The van der Waals surface area contributed by atoms with Crippen LogP contribution in [0.4, 0.5) is 5.69 Å². The van der Waals surface area contributed by atoms with Gasteiger partial charge in [-0.25, -0.2) is 0 Å². The van der Waals surface area contributed by atoms with Crippen molar-refractivity contribution in [3.05, 3.63) is 29.3 Å². The zero-order chi connectivity index (χ0) is 12.1. The summed E-state index contributed by atoms with van der Waals surface area (Å²) in [7, 11) is 0. The highest BCUT2D eigenvalue weighted by Gasteiger charge is 2.13. The standard InChI is InChI=1S/C15H24N2/c1-3-14-8-4-7-13(2)15(14)17-11-5-9-16-10-6-12-17/h4,7-8,16H,3,5-6,9-12H2,1-2H3. The molecule has 2 rings (SSSR count). The minimum Gasteiger partial charge on any atom is -0.371 e. The topological polar surface area (TPSA) is 15.3 Å². The molecule has 0 unspecified atom stereocenters. The molecular weight excluding hydrogens is 208 g/mol. The lowest BCUT2D eigenvalue weighted by molar-refractivity contribution is 0.566. The highest BCUT2D eigenvalue weighted by molar-refractivity contribution is 5.59. The summed E-state index contributed by atoms with van der Waals surface area (Å²) in [5.41, 5.74) is 4.42. The minimum absolute atomic E-state index is 1.13. The fourth-order valence-electron chi connectivity index (χ4n) is 2.71. The number of benzene rings is 1. The molecule has 1 aliphatic rings. The van der Waals surface area contributed by atoms with Crippen LogP contribution in [0.15, 0.2) is 18.2 Å². The Labute approximate surface area is 105 Å². The van der Waals surface area contributed by atoms with Gasteiger partial charge in [0.25, 0.3) is 0 Å². The van der Waals surface area contributed by atoms with Crippen LogP contribution in [0, 0.1) is 6.92 Å². The molecule has 1 aromatic carbocycles. The fraction of sp³-hybridized carbons (Fsp3) is 0.600. The van der Waals surface area contributed by atoms with Crippen LogP contribution in [0.3, 0.4) is 0 Å². The largest absolute Gasteiger partial charge is 0.371 e. The summed E-state index contributed by atoms with van der Waals surface area (Å²) in [4.78, 5) is 2.59. The Kier molecular flexibility index (Phi) is 4.43. The van der Waals surface area contributed by atoms with Crippen LogP contribution in [0.1, 0.15) is 30.9 Å². The number of anilines is 1. The third-order valence-corrected chi connectivity index (χ3v) is 3.58. The number of para-hydroxylation sites is 1. The number of nitrogens with zero attached hydrogens (tertiary/aromatic N) is 1. The average molecular weight is 232 g/mol. The Morgan fingerprint density at radius 2 is 1.88 bits per heavy atom. The second kappa shape index (κ2) is 6.06. The van der Waals surface area contributed by atoms with Gasteiger partial charge in [0, 0.05) is 18.8 Å². The van der Waals surface area contributed by atoms with E-state index in [9.17, 15) is 0 Å². The third kappa shape index (κ3) is 3.01. The van der Waals surface area contributed by atoms with Crippen LogP contribution in [0.5, 0.6) is 0 Å². The molecule has 0 aromatic heterocycles. The molecule has 0 radical (unpaired) electrons. The van der Waals surface area contributed by atoms with Crippen LogP contribution in [-0.4, -0.2) is 26.2 Å². The van der Waals surface area contributed by atoms with Crippen molar-refractivity contribution >= 4 is 5.69 Å². The van der Waals surface area contributed by atoms with Crippen LogP contribution < -0.4 is 10.2 Å². The van der Waals surface area contributed by atoms with Gasteiger partial charge < -0.3 is 10.2 Å². The number of hydrogen-bond donors (Lipinski definition) is 1. The molecule has 0 spiro atoms. The molecule has 2 nitrogen and oxygen atoms in total. The van der Waals surface area contributed by atoms with Crippen LogP contribution >= 0.6 is 0 Å². The molecule has 0 amide bonds. The van der Waals surface area contributed by atoms with Crippen molar-refractivity contribution in [2.45, 2.75) is 33.1 Å². The van der Waals surface area contributed by atoms with Crippen LogP contribution in [0.25, 0.3) is 0 Å². The molecule has 1 aromatic rings. The van der Waals surface area contributed by atoms with Crippen molar-refractivity contribution in [3.63, 3.8) is 0 Å². The molecule has 94 valence electrons. The quantitative estimate of drug-likeness (QED) is 0.843. The van der Waals surface area contributed by atoms with Crippen molar-refractivity contribution < 1.29 is 0 Å². The molecule has 0 atom stereocenters. The van der Waals surface area contributed by atoms with E-state index in [0.717, 1.165) is 19.5 Å².